The van der Waals surface area contributed by atoms with Gasteiger partial charge in [-0.15, -0.1) is 0 Å². The van der Waals surface area contributed by atoms with Crippen LogP contribution < -0.4 is 0 Å². The fraction of sp³-hybridized carbons (Fsp3) is 0.417. The number of nitrogens with one attached hydrogen (secondary N) is 1. The highest BCUT2D eigenvalue weighted by molar-refractivity contribution is 7.99. The van der Waals surface area contributed by atoms with Crippen molar-refractivity contribution in [3.8, 4) is 0 Å². The third-order valence-electron chi connectivity index (χ3n) is 2.77. The Morgan fingerprint density at radius 2 is 2.25 bits per heavy atom. The van der Waals surface area contributed by atoms with Crippen LogP contribution in [0.4, 0.5) is 0 Å². The average Bonchev–Trinajstić information content (AvgIpc) is 2.55. The molecule has 0 saturated carbocycles. The minimum Gasteiger partial charge on any atom is -0.331 e. The van der Waals surface area contributed by atoms with Crippen molar-refractivity contribution in [3.63, 3.8) is 0 Å². The second kappa shape index (κ2) is 4.63. The molecular weight excluding hydrogens is 236 g/mol. The minimum absolute atomic E-state index is 0.575. The van der Waals surface area contributed by atoms with Gasteiger partial charge in [0.2, 0.25) is 0 Å². The molecular formula is C12H16N2S2. The molecule has 2 nitrogen and oxygen atoms in total. The number of H-pyrrole nitrogens is 1. The van der Waals surface area contributed by atoms with Crippen molar-refractivity contribution in [1.29, 1.82) is 0 Å². The molecule has 4 heteroatoms. The Morgan fingerprint density at radius 3 is 2.94 bits per heavy atom. The van der Waals surface area contributed by atoms with Crippen LogP contribution in [0.5, 0.6) is 0 Å². The van der Waals surface area contributed by atoms with Crippen molar-refractivity contribution in [2.24, 2.45) is 0 Å². The lowest BCUT2D eigenvalue weighted by Gasteiger charge is -2.10. The van der Waals surface area contributed by atoms with Crippen molar-refractivity contribution in [1.82, 2.24) is 9.55 Å². The van der Waals surface area contributed by atoms with E-state index in [-0.39, 0.29) is 0 Å². The molecule has 0 spiro atoms. The van der Waals surface area contributed by atoms with Crippen LogP contribution in [-0.2, 0) is 6.54 Å². The maximum absolute atomic E-state index is 5.36. The Morgan fingerprint density at radius 1 is 1.50 bits per heavy atom. The van der Waals surface area contributed by atoms with Gasteiger partial charge in [-0.05, 0) is 43.1 Å². The number of benzene rings is 1. The number of hydrogen-bond donors (Lipinski definition) is 1. The van der Waals surface area contributed by atoms with E-state index < -0.39 is 0 Å². The van der Waals surface area contributed by atoms with Crippen LogP contribution in [0.3, 0.4) is 0 Å². The summed E-state index contributed by atoms with van der Waals surface area (Å²) >= 11 is 7.22. The summed E-state index contributed by atoms with van der Waals surface area (Å²) in [5.41, 5.74) is 3.61. The molecule has 0 bridgehead atoms. The van der Waals surface area contributed by atoms with Crippen LogP contribution in [0.15, 0.2) is 18.2 Å². The first-order valence-electron chi connectivity index (χ1n) is 5.34. The summed E-state index contributed by atoms with van der Waals surface area (Å²) in [5.74, 6) is 0. The lowest BCUT2D eigenvalue weighted by molar-refractivity contribution is 0.702. The first kappa shape index (κ1) is 11.7. The second-order valence-corrected chi connectivity index (χ2v) is 5.77. The van der Waals surface area contributed by atoms with Crippen LogP contribution in [0.25, 0.3) is 11.0 Å². The summed E-state index contributed by atoms with van der Waals surface area (Å²) in [6, 6.07) is 6.39. The maximum Gasteiger partial charge on any atom is 0.178 e. The van der Waals surface area contributed by atoms with Crippen LogP contribution >= 0.6 is 24.0 Å². The number of nitrogens with zero attached hydrogens (tertiary/aromatic N) is 1. The molecule has 0 fully saturated rings. The van der Waals surface area contributed by atoms with Gasteiger partial charge in [0.25, 0.3) is 0 Å². The van der Waals surface area contributed by atoms with Gasteiger partial charge in [-0.3, -0.25) is 0 Å². The number of hydrogen-bond acceptors (Lipinski definition) is 2. The molecule has 0 aliphatic heterocycles. The third-order valence-corrected chi connectivity index (χ3v) is 4.05. The molecule has 1 heterocycles. The van der Waals surface area contributed by atoms with Crippen LogP contribution in [0.1, 0.15) is 12.5 Å². The highest BCUT2D eigenvalue weighted by Gasteiger charge is 2.07. The predicted molar refractivity (Wildman–Crippen MR) is 74.8 cm³/mol. The van der Waals surface area contributed by atoms with Gasteiger partial charge in [0.15, 0.2) is 4.77 Å². The zero-order valence-corrected chi connectivity index (χ0v) is 11.4. The van der Waals surface area contributed by atoms with Crippen molar-refractivity contribution >= 4 is 35.0 Å². The second-order valence-electron chi connectivity index (χ2n) is 4.11. The van der Waals surface area contributed by atoms with E-state index in [1.165, 1.54) is 11.1 Å². The molecule has 1 N–H and O–H groups in total. The lowest BCUT2D eigenvalue weighted by Crippen LogP contribution is -2.08. The van der Waals surface area contributed by atoms with Gasteiger partial charge in [0, 0.05) is 11.8 Å². The number of aryl methyl sites for hydroxylation is 1. The summed E-state index contributed by atoms with van der Waals surface area (Å²) in [4.78, 5) is 3.25. The fourth-order valence-electron chi connectivity index (χ4n) is 1.78. The maximum atomic E-state index is 5.36. The topological polar surface area (TPSA) is 20.7 Å². The number of fused-ring (bicyclic) bond motifs is 1. The molecule has 1 unspecified atom stereocenters. The largest absolute Gasteiger partial charge is 0.331 e. The Labute approximate surface area is 105 Å². The Balaban J connectivity index is 2.54. The predicted octanol–water partition coefficient (Wildman–Crippen LogP) is 3.76. The van der Waals surface area contributed by atoms with E-state index in [1.54, 1.807) is 0 Å². The molecule has 16 heavy (non-hydrogen) atoms. The first-order valence-corrected chi connectivity index (χ1v) is 7.03. The summed E-state index contributed by atoms with van der Waals surface area (Å²) < 4.78 is 3.01. The highest BCUT2D eigenvalue weighted by atomic mass is 32.2. The highest BCUT2D eigenvalue weighted by Crippen LogP contribution is 2.18. The van der Waals surface area contributed by atoms with E-state index in [4.69, 9.17) is 12.2 Å². The SMILES string of the molecule is CSC(C)Cn1c(=S)[nH]c2ccc(C)cc21. The van der Waals surface area contributed by atoms with Crippen molar-refractivity contribution in [2.75, 3.05) is 6.26 Å². The minimum atomic E-state index is 0.575. The molecule has 1 aromatic carbocycles. The molecule has 0 aliphatic rings. The molecule has 86 valence electrons. The van der Waals surface area contributed by atoms with Crippen molar-refractivity contribution < 1.29 is 0 Å². The van der Waals surface area contributed by atoms with E-state index >= 15 is 0 Å². The molecule has 0 aliphatic carbocycles. The van der Waals surface area contributed by atoms with E-state index in [1.807, 2.05) is 11.8 Å². The van der Waals surface area contributed by atoms with Crippen LogP contribution in [0, 0.1) is 11.7 Å². The Bertz CT molecular complexity index is 554. The van der Waals surface area contributed by atoms with Crippen molar-refractivity contribution in [3.05, 3.63) is 28.5 Å². The normalized spacial score (nSPS) is 13.2. The number of rotatable bonds is 3. The van der Waals surface area contributed by atoms with Gasteiger partial charge >= 0.3 is 0 Å². The van der Waals surface area contributed by atoms with E-state index in [2.05, 4.69) is 47.9 Å². The number of thioether (sulfide) groups is 1. The third kappa shape index (κ3) is 2.18. The molecule has 1 aromatic heterocycles. The monoisotopic (exact) mass is 252 g/mol. The smallest absolute Gasteiger partial charge is 0.178 e. The number of aromatic nitrogens is 2. The van der Waals surface area contributed by atoms with Gasteiger partial charge in [-0.25, -0.2) is 0 Å². The lowest BCUT2D eigenvalue weighted by atomic mass is 10.2. The van der Waals surface area contributed by atoms with E-state index in [9.17, 15) is 0 Å². The summed E-state index contributed by atoms with van der Waals surface area (Å²) in [6.45, 7) is 5.29. The summed E-state index contributed by atoms with van der Waals surface area (Å²) in [6.07, 6.45) is 2.13. The fourth-order valence-corrected chi connectivity index (χ4v) is 2.36. The molecule has 2 aromatic rings. The van der Waals surface area contributed by atoms with Gasteiger partial charge < -0.3 is 9.55 Å². The van der Waals surface area contributed by atoms with Gasteiger partial charge in [-0.2, -0.15) is 11.8 Å². The molecule has 0 radical (unpaired) electrons. The van der Waals surface area contributed by atoms with Crippen molar-refractivity contribution in [2.45, 2.75) is 25.6 Å². The number of imidazole rings is 1. The molecule has 0 saturated heterocycles. The standard InChI is InChI=1S/C12H16N2S2/c1-8-4-5-10-11(6-8)14(12(15)13-10)7-9(2)16-3/h4-6,9H,7H2,1-3H3,(H,13,15). The van der Waals surface area contributed by atoms with E-state index in [0.717, 1.165) is 16.8 Å². The van der Waals surface area contributed by atoms with Gasteiger partial charge in [-0.1, -0.05) is 13.0 Å². The molecule has 2 rings (SSSR count). The quantitative estimate of drug-likeness (QED) is 0.840. The first-order chi connectivity index (χ1) is 7.61. The van der Waals surface area contributed by atoms with E-state index in [0.29, 0.717) is 5.25 Å². The number of aromatic amines is 1. The zero-order chi connectivity index (χ0) is 11.7. The van der Waals surface area contributed by atoms with Gasteiger partial charge in [0.05, 0.1) is 11.0 Å². The molecule has 0 amide bonds. The summed E-state index contributed by atoms with van der Waals surface area (Å²) in [5, 5.41) is 0.575. The Kier molecular flexibility index (Phi) is 3.40. The average molecular weight is 252 g/mol. The molecule has 1 atom stereocenters. The van der Waals surface area contributed by atoms with Crippen LogP contribution in [-0.4, -0.2) is 21.1 Å². The summed E-state index contributed by atoms with van der Waals surface area (Å²) in [7, 11) is 0. The Hall–Kier alpha value is -0.740. The van der Waals surface area contributed by atoms with Gasteiger partial charge in [0.1, 0.15) is 0 Å². The zero-order valence-electron chi connectivity index (χ0n) is 9.78. The van der Waals surface area contributed by atoms with Crippen LogP contribution in [0.2, 0.25) is 0 Å².